The van der Waals surface area contributed by atoms with Gasteiger partial charge in [-0.1, -0.05) is 53.3 Å². The van der Waals surface area contributed by atoms with Gasteiger partial charge in [-0.25, -0.2) is 0 Å². The number of benzene rings is 3. The van der Waals surface area contributed by atoms with Crippen LogP contribution in [-0.2, 0) is 11.3 Å². The van der Waals surface area contributed by atoms with E-state index < -0.39 is 0 Å². The zero-order valence-electron chi connectivity index (χ0n) is 16.0. The number of hydrogen-bond donors (Lipinski definition) is 0. The Balaban J connectivity index is 1.88. The zero-order chi connectivity index (χ0) is 20.4. The van der Waals surface area contributed by atoms with E-state index in [2.05, 4.69) is 4.99 Å². The number of halogens is 1. The van der Waals surface area contributed by atoms with Crippen LogP contribution < -0.4 is 9.54 Å². The summed E-state index contributed by atoms with van der Waals surface area (Å²) in [6.45, 7) is 1.03. The van der Waals surface area contributed by atoms with Gasteiger partial charge in [-0.2, -0.15) is 4.99 Å². The summed E-state index contributed by atoms with van der Waals surface area (Å²) in [6.07, 6.45) is 0. The molecule has 0 unspecified atom stereocenters. The molecule has 0 saturated carbocycles. The van der Waals surface area contributed by atoms with Crippen LogP contribution in [0.2, 0.25) is 5.02 Å². The lowest BCUT2D eigenvalue weighted by Crippen LogP contribution is -2.19. The highest BCUT2D eigenvalue weighted by Crippen LogP contribution is 2.28. The van der Waals surface area contributed by atoms with Gasteiger partial charge in [0.25, 0.3) is 5.91 Å². The number of para-hydroxylation sites is 1. The summed E-state index contributed by atoms with van der Waals surface area (Å²) in [6, 6.07) is 17.2. The second kappa shape index (κ2) is 8.37. The predicted molar refractivity (Wildman–Crippen MR) is 117 cm³/mol. The van der Waals surface area contributed by atoms with E-state index >= 15 is 0 Å². The number of fused-ring (bicyclic) bond motifs is 2. The number of hydrogen-bond acceptors (Lipinski definition) is 4. The average molecular weight is 427 g/mol. The van der Waals surface area contributed by atoms with Crippen LogP contribution in [0.3, 0.4) is 0 Å². The van der Waals surface area contributed by atoms with Crippen LogP contribution in [0.15, 0.2) is 59.6 Å². The topological polar surface area (TPSA) is 52.8 Å². The minimum absolute atomic E-state index is 0.360. The average Bonchev–Trinajstić information content (AvgIpc) is 3.09. The van der Waals surface area contributed by atoms with Crippen molar-refractivity contribution in [1.82, 2.24) is 4.57 Å². The Bertz CT molecular complexity index is 1280. The third-order valence-electron chi connectivity index (χ3n) is 4.67. The van der Waals surface area contributed by atoms with E-state index in [9.17, 15) is 4.79 Å². The molecule has 5 nitrogen and oxygen atoms in total. The van der Waals surface area contributed by atoms with Crippen molar-refractivity contribution in [3.8, 4) is 5.75 Å². The molecule has 0 aliphatic heterocycles. The molecule has 0 bridgehead atoms. The van der Waals surface area contributed by atoms with E-state index in [0.29, 0.717) is 34.3 Å². The monoisotopic (exact) mass is 426 g/mol. The molecule has 3 aromatic carbocycles. The van der Waals surface area contributed by atoms with Crippen LogP contribution in [0.1, 0.15) is 10.4 Å². The van der Waals surface area contributed by atoms with Crippen molar-refractivity contribution >= 4 is 49.8 Å². The highest BCUT2D eigenvalue weighted by atomic mass is 35.5. The maximum atomic E-state index is 13.1. The molecule has 148 valence electrons. The van der Waals surface area contributed by atoms with E-state index in [1.165, 1.54) is 11.3 Å². The lowest BCUT2D eigenvalue weighted by molar-refractivity contribution is 0.0994. The summed E-state index contributed by atoms with van der Waals surface area (Å²) in [4.78, 5) is 18.1. The fraction of sp³-hybridized carbons (Fsp3) is 0.182. The zero-order valence-corrected chi connectivity index (χ0v) is 17.6. The number of thiazole rings is 1. The summed E-state index contributed by atoms with van der Waals surface area (Å²) < 4.78 is 13.6. The first-order valence-electron chi connectivity index (χ1n) is 9.05. The molecule has 0 aliphatic carbocycles. The number of carbonyl (C=O) groups excluding carboxylic acids is 1. The minimum atomic E-state index is -0.360. The quantitative estimate of drug-likeness (QED) is 0.455. The van der Waals surface area contributed by atoms with E-state index in [1.807, 2.05) is 59.2 Å². The van der Waals surface area contributed by atoms with Gasteiger partial charge in [0, 0.05) is 13.7 Å². The van der Waals surface area contributed by atoms with E-state index in [4.69, 9.17) is 21.1 Å². The number of nitrogens with zero attached hydrogens (tertiary/aromatic N) is 2. The molecule has 1 aromatic heterocycles. The smallest absolute Gasteiger partial charge is 0.283 e. The van der Waals surface area contributed by atoms with Crippen molar-refractivity contribution in [3.63, 3.8) is 0 Å². The van der Waals surface area contributed by atoms with Crippen LogP contribution in [0.4, 0.5) is 0 Å². The van der Waals surface area contributed by atoms with Gasteiger partial charge in [-0.3, -0.25) is 4.79 Å². The number of amides is 1. The fourth-order valence-electron chi connectivity index (χ4n) is 3.26. The number of carbonyl (C=O) groups is 1. The molecule has 0 fully saturated rings. The van der Waals surface area contributed by atoms with Crippen molar-refractivity contribution in [2.75, 3.05) is 20.8 Å². The molecule has 29 heavy (non-hydrogen) atoms. The van der Waals surface area contributed by atoms with Gasteiger partial charge in [-0.15, -0.1) is 0 Å². The van der Waals surface area contributed by atoms with Crippen LogP contribution in [0.25, 0.3) is 21.0 Å². The van der Waals surface area contributed by atoms with Gasteiger partial charge in [0.05, 0.1) is 34.5 Å². The third kappa shape index (κ3) is 3.79. The highest BCUT2D eigenvalue weighted by Gasteiger charge is 2.15. The van der Waals surface area contributed by atoms with E-state index in [0.717, 1.165) is 21.0 Å². The highest BCUT2D eigenvalue weighted by molar-refractivity contribution is 7.16. The maximum absolute atomic E-state index is 13.1. The Morgan fingerprint density at radius 3 is 2.59 bits per heavy atom. The van der Waals surface area contributed by atoms with Crippen LogP contribution in [-0.4, -0.2) is 31.3 Å². The standard InChI is InChI=1S/C22H19ClN2O3S/c1-27-11-10-25-20-17(23)8-5-9-19(20)29-22(25)24-21(26)16-12-14-6-3-4-7-15(14)13-18(16)28-2/h3-9,12-13H,10-11H2,1-2H3. The van der Waals surface area contributed by atoms with Crippen molar-refractivity contribution in [2.24, 2.45) is 4.99 Å². The second-order valence-corrected chi connectivity index (χ2v) is 7.85. The molecule has 0 aliphatic rings. The second-order valence-electron chi connectivity index (χ2n) is 6.43. The van der Waals surface area contributed by atoms with Crippen LogP contribution in [0.5, 0.6) is 5.75 Å². The normalized spacial score (nSPS) is 12.0. The van der Waals surface area contributed by atoms with Crippen molar-refractivity contribution in [1.29, 1.82) is 0 Å². The third-order valence-corrected chi connectivity index (χ3v) is 6.01. The van der Waals surface area contributed by atoms with Gasteiger partial charge in [0.15, 0.2) is 4.80 Å². The Hall–Kier alpha value is -2.67. The Morgan fingerprint density at radius 2 is 1.86 bits per heavy atom. The van der Waals surface area contributed by atoms with E-state index in [-0.39, 0.29) is 5.91 Å². The molecule has 1 amide bonds. The van der Waals surface area contributed by atoms with Gasteiger partial charge in [0.2, 0.25) is 0 Å². The maximum Gasteiger partial charge on any atom is 0.283 e. The Labute approximate surface area is 176 Å². The number of ether oxygens (including phenoxy) is 2. The number of methoxy groups -OCH3 is 2. The molecule has 4 rings (SSSR count). The molecule has 0 atom stereocenters. The molecule has 4 aromatic rings. The lowest BCUT2D eigenvalue weighted by Gasteiger charge is -2.08. The first-order chi connectivity index (χ1) is 14.1. The summed E-state index contributed by atoms with van der Waals surface area (Å²) in [5.41, 5.74) is 1.28. The molecule has 1 heterocycles. The molecular formula is C22H19ClN2O3S. The molecular weight excluding hydrogens is 408 g/mol. The fourth-order valence-corrected chi connectivity index (χ4v) is 4.68. The SMILES string of the molecule is COCCn1c(=NC(=O)c2cc3ccccc3cc2OC)sc2cccc(Cl)c21. The van der Waals surface area contributed by atoms with Gasteiger partial charge < -0.3 is 14.0 Å². The first-order valence-corrected chi connectivity index (χ1v) is 10.2. The summed E-state index contributed by atoms with van der Waals surface area (Å²) in [5, 5.41) is 2.58. The van der Waals surface area contributed by atoms with E-state index in [1.54, 1.807) is 14.2 Å². The molecule has 0 spiro atoms. The minimum Gasteiger partial charge on any atom is -0.496 e. The van der Waals surface area contributed by atoms with Gasteiger partial charge in [0.1, 0.15) is 5.75 Å². The summed E-state index contributed by atoms with van der Waals surface area (Å²) in [5.74, 6) is 0.140. The van der Waals surface area contributed by atoms with Gasteiger partial charge >= 0.3 is 0 Å². The summed E-state index contributed by atoms with van der Waals surface area (Å²) >= 11 is 7.84. The van der Waals surface area contributed by atoms with Gasteiger partial charge in [-0.05, 0) is 35.0 Å². The number of rotatable bonds is 5. The van der Waals surface area contributed by atoms with Crippen LogP contribution in [0, 0.1) is 0 Å². The molecule has 7 heteroatoms. The predicted octanol–water partition coefficient (Wildman–Crippen LogP) is 4.91. The molecule has 0 N–H and O–H groups in total. The lowest BCUT2D eigenvalue weighted by atomic mass is 10.1. The summed E-state index contributed by atoms with van der Waals surface area (Å²) in [7, 11) is 3.19. The Kier molecular flexibility index (Phi) is 5.67. The largest absolute Gasteiger partial charge is 0.496 e. The van der Waals surface area contributed by atoms with Crippen LogP contribution >= 0.6 is 22.9 Å². The molecule has 0 saturated heterocycles. The Morgan fingerprint density at radius 1 is 1.10 bits per heavy atom. The number of aromatic nitrogens is 1. The first kappa shape index (κ1) is 19.6. The van der Waals surface area contributed by atoms with Crippen molar-refractivity contribution in [3.05, 3.63) is 70.0 Å². The molecule has 0 radical (unpaired) electrons. The van der Waals surface area contributed by atoms with Crippen molar-refractivity contribution in [2.45, 2.75) is 6.54 Å². The van der Waals surface area contributed by atoms with Crippen molar-refractivity contribution < 1.29 is 14.3 Å².